The summed E-state index contributed by atoms with van der Waals surface area (Å²) in [5, 5.41) is 54.2. The molecule has 6 N–H and O–H groups in total. The summed E-state index contributed by atoms with van der Waals surface area (Å²) in [6, 6.07) is -0.524. The van der Waals surface area contributed by atoms with Crippen molar-refractivity contribution in [1.29, 1.82) is 0 Å². The lowest BCUT2D eigenvalue weighted by Crippen LogP contribution is -2.52. The van der Waals surface area contributed by atoms with Crippen molar-refractivity contribution in [2.75, 3.05) is 6.61 Å². The van der Waals surface area contributed by atoms with Gasteiger partial charge < -0.3 is 35.6 Å². The number of unbranched alkanes of at least 4 members (excludes halogenated alkanes) is 22. The van der Waals surface area contributed by atoms with E-state index in [1.165, 1.54) is 135 Å². The van der Waals surface area contributed by atoms with Crippen LogP contribution in [-0.4, -0.2) is 79.8 Å². The third kappa shape index (κ3) is 23.6. The zero-order valence-corrected chi connectivity index (χ0v) is 31.4. The van der Waals surface area contributed by atoms with Crippen molar-refractivity contribution in [1.82, 2.24) is 5.32 Å². The SMILES string of the molecule is CCCCCCCCCCCCCCCCCCCCCCCCCC(=S)NC(COC1CCC(O)C(O)C1O)C(O)CC(O)CC. The van der Waals surface area contributed by atoms with E-state index in [0.717, 1.165) is 19.3 Å². The van der Waals surface area contributed by atoms with Gasteiger partial charge in [-0.05, 0) is 32.1 Å². The van der Waals surface area contributed by atoms with Gasteiger partial charge in [0.15, 0.2) is 0 Å². The molecule has 0 radical (unpaired) electrons. The van der Waals surface area contributed by atoms with Gasteiger partial charge in [-0.25, -0.2) is 0 Å². The second-order valence-electron chi connectivity index (χ2n) is 14.6. The molecule has 1 rings (SSSR count). The molecule has 0 aliphatic heterocycles. The molecule has 1 aliphatic carbocycles. The smallest absolute Gasteiger partial charge is 0.108 e. The fourth-order valence-electron chi connectivity index (χ4n) is 6.74. The van der Waals surface area contributed by atoms with Crippen LogP contribution in [0, 0.1) is 0 Å². The van der Waals surface area contributed by atoms with Crippen LogP contribution >= 0.6 is 12.2 Å². The first-order chi connectivity index (χ1) is 22.8. The fraction of sp³-hybridized carbons (Fsp3) is 0.974. The van der Waals surface area contributed by atoms with E-state index >= 15 is 0 Å². The molecule has 47 heavy (non-hydrogen) atoms. The van der Waals surface area contributed by atoms with Gasteiger partial charge in [-0.1, -0.05) is 167 Å². The van der Waals surface area contributed by atoms with Crippen LogP contribution in [0.4, 0.5) is 0 Å². The second-order valence-corrected chi connectivity index (χ2v) is 15.1. The molecule has 0 saturated heterocycles. The van der Waals surface area contributed by atoms with E-state index in [-0.39, 0.29) is 13.0 Å². The zero-order chi connectivity index (χ0) is 34.5. The van der Waals surface area contributed by atoms with Crippen molar-refractivity contribution in [2.24, 2.45) is 0 Å². The highest BCUT2D eigenvalue weighted by atomic mass is 32.1. The number of hydrogen-bond acceptors (Lipinski definition) is 7. The predicted octanol–water partition coefficient (Wildman–Crippen LogP) is 8.44. The van der Waals surface area contributed by atoms with Crippen molar-refractivity contribution < 1.29 is 30.3 Å². The molecular formula is C39H77NO6S. The monoisotopic (exact) mass is 688 g/mol. The standard InChI is InChI=1S/C39H77NO6S/c1-3-5-6-7-8-9-10-11-12-13-14-15-16-17-18-19-20-21-22-23-24-25-26-27-37(47)40-33(35(43)30-32(41)4-2)31-46-36-29-28-34(42)38(44)39(36)45/h32-36,38-39,41-45H,3-31H2,1-2H3,(H,40,47). The molecule has 0 bridgehead atoms. The lowest BCUT2D eigenvalue weighted by molar-refractivity contribution is -0.157. The lowest BCUT2D eigenvalue weighted by atomic mass is 9.89. The number of aliphatic hydroxyl groups is 5. The van der Waals surface area contributed by atoms with Crippen molar-refractivity contribution in [2.45, 2.75) is 236 Å². The Hall–Kier alpha value is -0.350. The van der Waals surface area contributed by atoms with E-state index in [4.69, 9.17) is 17.0 Å². The number of rotatable bonds is 32. The van der Waals surface area contributed by atoms with Gasteiger partial charge in [-0.2, -0.15) is 0 Å². The van der Waals surface area contributed by atoms with Gasteiger partial charge in [-0.15, -0.1) is 0 Å². The second kappa shape index (κ2) is 30.5. The molecule has 8 heteroatoms. The van der Waals surface area contributed by atoms with E-state index < -0.39 is 42.7 Å². The average molecular weight is 688 g/mol. The summed E-state index contributed by atoms with van der Waals surface area (Å²) in [5.74, 6) is 0. The molecule has 0 heterocycles. The Balaban J connectivity index is 2.02. The Morgan fingerprint density at radius 1 is 0.638 bits per heavy atom. The Morgan fingerprint density at radius 2 is 1.06 bits per heavy atom. The maximum absolute atomic E-state index is 10.8. The molecule has 0 amide bonds. The summed E-state index contributed by atoms with van der Waals surface area (Å²) in [6.07, 6.45) is 28.1. The Kier molecular flexibility index (Phi) is 29.0. The first-order valence-electron chi connectivity index (χ1n) is 20.1. The van der Waals surface area contributed by atoms with Crippen LogP contribution in [0.3, 0.4) is 0 Å². The predicted molar refractivity (Wildman–Crippen MR) is 200 cm³/mol. The average Bonchev–Trinajstić information content (AvgIpc) is 3.06. The minimum Gasteiger partial charge on any atom is -0.393 e. The normalized spacial score (nSPS) is 21.9. The summed E-state index contributed by atoms with van der Waals surface area (Å²) >= 11 is 5.59. The Morgan fingerprint density at radius 3 is 1.49 bits per heavy atom. The van der Waals surface area contributed by atoms with Gasteiger partial charge >= 0.3 is 0 Å². The van der Waals surface area contributed by atoms with E-state index in [9.17, 15) is 25.5 Å². The Bertz CT molecular complexity index is 715. The van der Waals surface area contributed by atoms with Gasteiger partial charge in [0, 0.05) is 6.42 Å². The van der Waals surface area contributed by atoms with Gasteiger partial charge in [0.1, 0.15) is 12.2 Å². The van der Waals surface area contributed by atoms with Gasteiger partial charge in [0.25, 0.3) is 0 Å². The summed E-state index contributed by atoms with van der Waals surface area (Å²) in [4.78, 5) is 0.673. The largest absolute Gasteiger partial charge is 0.393 e. The third-order valence-corrected chi connectivity index (χ3v) is 10.5. The molecule has 280 valence electrons. The van der Waals surface area contributed by atoms with Crippen LogP contribution in [0.25, 0.3) is 0 Å². The van der Waals surface area contributed by atoms with E-state index in [2.05, 4.69) is 12.2 Å². The van der Waals surface area contributed by atoms with Crippen molar-refractivity contribution >= 4 is 17.2 Å². The zero-order valence-electron chi connectivity index (χ0n) is 30.6. The van der Waals surface area contributed by atoms with Crippen LogP contribution in [0.1, 0.15) is 194 Å². The molecule has 7 atom stereocenters. The first kappa shape index (κ1) is 44.7. The molecule has 1 fully saturated rings. The quantitative estimate of drug-likeness (QED) is 0.0308. The van der Waals surface area contributed by atoms with Gasteiger partial charge in [0.2, 0.25) is 0 Å². The van der Waals surface area contributed by atoms with E-state index in [1.807, 2.05) is 6.92 Å². The van der Waals surface area contributed by atoms with Crippen LogP contribution in [0.5, 0.6) is 0 Å². The highest BCUT2D eigenvalue weighted by Crippen LogP contribution is 2.23. The minimum absolute atomic E-state index is 0.0850. The highest BCUT2D eigenvalue weighted by Gasteiger charge is 2.37. The van der Waals surface area contributed by atoms with Crippen LogP contribution in [0.15, 0.2) is 0 Å². The van der Waals surface area contributed by atoms with E-state index in [0.29, 0.717) is 24.3 Å². The first-order valence-corrected chi connectivity index (χ1v) is 20.5. The molecule has 1 saturated carbocycles. The molecule has 7 nitrogen and oxygen atoms in total. The van der Waals surface area contributed by atoms with Crippen molar-refractivity contribution in [3.8, 4) is 0 Å². The van der Waals surface area contributed by atoms with Crippen LogP contribution < -0.4 is 5.32 Å². The molecule has 7 unspecified atom stereocenters. The molecular weight excluding hydrogens is 610 g/mol. The van der Waals surface area contributed by atoms with Crippen molar-refractivity contribution in [3.05, 3.63) is 0 Å². The summed E-state index contributed by atoms with van der Waals surface area (Å²) in [7, 11) is 0. The maximum Gasteiger partial charge on any atom is 0.108 e. The molecule has 0 spiro atoms. The number of thiocarbonyl (C=S) groups is 1. The van der Waals surface area contributed by atoms with Gasteiger partial charge in [0.05, 0.1) is 42.1 Å². The summed E-state index contributed by atoms with van der Waals surface area (Å²) in [5.41, 5.74) is 0. The van der Waals surface area contributed by atoms with Crippen LogP contribution in [0.2, 0.25) is 0 Å². The lowest BCUT2D eigenvalue weighted by Gasteiger charge is -2.36. The number of aliphatic hydroxyl groups excluding tert-OH is 5. The molecule has 1 aliphatic rings. The third-order valence-electron chi connectivity index (χ3n) is 10.2. The van der Waals surface area contributed by atoms with E-state index in [1.54, 1.807) is 0 Å². The number of ether oxygens (including phenoxy) is 1. The number of nitrogens with one attached hydrogen (secondary N) is 1. The van der Waals surface area contributed by atoms with Crippen molar-refractivity contribution in [3.63, 3.8) is 0 Å². The van der Waals surface area contributed by atoms with Gasteiger partial charge in [-0.3, -0.25) is 0 Å². The van der Waals surface area contributed by atoms with Crippen LogP contribution in [-0.2, 0) is 4.74 Å². The summed E-state index contributed by atoms with van der Waals surface area (Å²) < 4.78 is 5.88. The minimum atomic E-state index is -1.24. The molecule has 0 aromatic rings. The Labute approximate surface area is 295 Å². The topological polar surface area (TPSA) is 122 Å². The molecule has 0 aromatic carbocycles. The molecule has 0 aromatic heterocycles. The highest BCUT2D eigenvalue weighted by molar-refractivity contribution is 7.80. The summed E-state index contributed by atoms with van der Waals surface area (Å²) in [6.45, 7) is 4.24. The number of hydrogen-bond donors (Lipinski definition) is 6. The fourth-order valence-corrected chi connectivity index (χ4v) is 7.04. The maximum atomic E-state index is 10.8.